The summed E-state index contributed by atoms with van der Waals surface area (Å²) in [6, 6.07) is 11.5. The van der Waals surface area contributed by atoms with E-state index >= 15 is 0 Å². The Labute approximate surface area is 131 Å². The Kier molecular flexibility index (Phi) is 3.60. The lowest BCUT2D eigenvalue weighted by molar-refractivity contribution is 0.227. The second-order valence-electron chi connectivity index (χ2n) is 4.61. The van der Waals surface area contributed by atoms with Crippen LogP contribution in [0.25, 0.3) is 0 Å². The van der Waals surface area contributed by atoms with Gasteiger partial charge in [-0.05, 0) is 17.0 Å². The highest BCUT2D eigenvalue weighted by Gasteiger charge is 2.42. The zero-order valence-corrected chi connectivity index (χ0v) is 13.0. The van der Waals surface area contributed by atoms with Gasteiger partial charge in [0.1, 0.15) is 16.4 Å². The highest BCUT2D eigenvalue weighted by Crippen LogP contribution is 2.39. The number of amides is 2. The first kappa shape index (κ1) is 14.6. The van der Waals surface area contributed by atoms with Gasteiger partial charge in [0.05, 0.1) is 12.6 Å². The molecule has 2 amide bonds. The van der Waals surface area contributed by atoms with Crippen LogP contribution in [0.15, 0.2) is 46.7 Å². The molecular formula is C14H11N3O3S2. The summed E-state index contributed by atoms with van der Waals surface area (Å²) in [5, 5.41) is 10.8. The molecular weight excluding hydrogens is 322 g/mol. The van der Waals surface area contributed by atoms with Crippen molar-refractivity contribution in [2.75, 3.05) is 11.4 Å². The molecule has 0 N–H and O–H groups in total. The summed E-state index contributed by atoms with van der Waals surface area (Å²) in [5.74, 6) is 0. The van der Waals surface area contributed by atoms with Crippen molar-refractivity contribution in [3.63, 3.8) is 0 Å². The lowest BCUT2D eigenvalue weighted by Gasteiger charge is -2.33. The number of hydrogen-bond acceptors (Lipinski definition) is 5. The van der Waals surface area contributed by atoms with Crippen molar-refractivity contribution in [2.24, 2.45) is 0 Å². The van der Waals surface area contributed by atoms with Crippen LogP contribution in [-0.4, -0.2) is 25.3 Å². The van der Waals surface area contributed by atoms with Crippen LogP contribution in [0.3, 0.4) is 0 Å². The van der Waals surface area contributed by atoms with E-state index in [0.717, 1.165) is 15.6 Å². The number of sulfonamides is 1. The Balaban J connectivity index is 2.07. The summed E-state index contributed by atoms with van der Waals surface area (Å²) >= 11 is 1.14. The molecule has 0 bridgehead atoms. The standard InChI is InChI=1S/C14H11N3O3S2/c15-7-8-16-13-12(6-9-21-13)22(19,20)17(14(16)18)10-11-4-2-1-3-5-11/h1-6,9H,8,10H2. The Morgan fingerprint density at radius 1 is 1.18 bits per heavy atom. The van der Waals surface area contributed by atoms with Gasteiger partial charge in [-0.3, -0.25) is 4.90 Å². The van der Waals surface area contributed by atoms with Gasteiger partial charge in [0.2, 0.25) is 0 Å². The third kappa shape index (κ3) is 2.24. The minimum absolute atomic E-state index is 0.0563. The number of urea groups is 1. The molecule has 8 heteroatoms. The molecule has 2 aromatic rings. The minimum atomic E-state index is -3.89. The molecule has 6 nitrogen and oxygen atoms in total. The van der Waals surface area contributed by atoms with Crippen molar-refractivity contribution in [3.8, 4) is 6.07 Å². The van der Waals surface area contributed by atoms with E-state index in [1.165, 1.54) is 11.0 Å². The fourth-order valence-electron chi connectivity index (χ4n) is 2.24. The molecule has 0 aliphatic carbocycles. The number of hydrogen-bond donors (Lipinski definition) is 0. The SMILES string of the molecule is N#CCN1C(=O)N(Cc2ccccc2)S(=O)(=O)c2ccsc21. The number of rotatable bonds is 3. The molecule has 3 rings (SSSR count). The fraction of sp³-hybridized carbons (Fsp3) is 0.143. The molecule has 1 aromatic heterocycles. The fourth-order valence-corrected chi connectivity index (χ4v) is 5.00. The van der Waals surface area contributed by atoms with E-state index in [-0.39, 0.29) is 18.0 Å². The Bertz CT molecular complexity index is 853. The second kappa shape index (κ2) is 5.44. The summed E-state index contributed by atoms with van der Waals surface area (Å²) in [4.78, 5) is 13.8. The number of thiophene rings is 1. The minimum Gasteiger partial charge on any atom is -0.269 e. The first-order chi connectivity index (χ1) is 10.6. The predicted octanol–water partition coefficient (Wildman–Crippen LogP) is 2.40. The quantitative estimate of drug-likeness (QED) is 0.808. The molecule has 0 spiro atoms. The van der Waals surface area contributed by atoms with Crippen molar-refractivity contribution in [1.82, 2.24) is 4.31 Å². The smallest absolute Gasteiger partial charge is 0.269 e. The molecule has 0 saturated heterocycles. The molecule has 1 aliphatic rings. The number of nitrogens with zero attached hydrogens (tertiary/aromatic N) is 3. The van der Waals surface area contributed by atoms with Crippen molar-refractivity contribution in [3.05, 3.63) is 47.3 Å². The van der Waals surface area contributed by atoms with Gasteiger partial charge in [-0.2, -0.15) is 5.26 Å². The highest BCUT2D eigenvalue weighted by atomic mass is 32.2. The summed E-state index contributed by atoms with van der Waals surface area (Å²) in [6.07, 6.45) is 0. The maximum Gasteiger partial charge on any atom is 0.340 e. The van der Waals surface area contributed by atoms with Crippen LogP contribution < -0.4 is 4.90 Å². The van der Waals surface area contributed by atoms with Gasteiger partial charge in [-0.15, -0.1) is 11.3 Å². The molecule has 0 radical (unpaired) electrons. The number of carbonyl (C=O) groups excluding carboxylic acids is 1. The molecule has 0 atom stereocenters. The van der Waals surface area contributed by atoms with E-state index in [0.29, 0.717) is 10.6 Å². The lowest BCUT2D eigenvalue weighted by Crippen LogP contribution is -2.49. The van der Waals surface area contributed by atoms with Crippen LogP contribution in [0.1, 0.15) is 5.56 Å². The summed E-state index contributed by atoms with van der Waals surface area (Å²) in [7, 11) is -3.89. The summed E-state index contributed by atoms with van der Waals surface area (Å²) in [5.41, 5.74) is 0.704. The summed E-state index contributed by atoms with van der Waals surface area (Å²) < 4.78 is 26.1. The molecule has 1 aliphatic heterocycles. The van der Waals surface area contributed by atoms with Gasteiger partial charge in [0.25, 0.3) is 10.0 Å². The first-order valence-electron chi connectivity index (χ1n) is 6.38. The average Bonchev–Trinajstić information content (AvgIpc) is 3.00. The van der Waals surface area contributed by atoms with E-state index in [1.54, 1.807) is 29.6 Å². The molecule has 112 valence electrons. The maximum atomic E-state index is 12.6. The van der Waals surface area contributed by atoms with Crippen molar-refractivity contribution in [1.29, 1.82) is 5.26 Å². The monoisotopic (exact) mass is 333 g/mol. The molecule has 0 saturated carbocycles. The Morgan fingerprint density at radius 3 is 2.59 bits per heavy atom. The molecule has 1 aromatic carbocycles. The number of carbonyl (C=O) groups is 1. The van der Waals surface area contributed by atoms with Crippen LogP contribution in [0.4, 0.5) is 9.80 Å². The first-order valence-corrected chi connectivity index (χ1v) is 8.70. The highest BCUT2D eigenvalue weighted by molar-refractivity contribution is 7.90. The Morgan fingerprint density at radius 2 is 1.91 bits per heavy atom. The van der Waals surface area contributed by atoms with Crippen LogP contribution in [-0.2, 0) is 16.6 Å². The second-order valence-corrected chi connectivity index (χ2v) is 7.34. The van der Waals surface area contributed by atoms with Crippen LogP contribution >= 0.6 is 11.3 Å². The number of anilines is 1. The summed E-state index contributed by atoms with van der Waals surface area (Å²) in [6.45, 7) is -0.244. The van der Waals surface area contributed by atoms with Crippen molar-refractivity contribution < 1.29 is 13.2 Å². The van der Waals surface area contributed by atoms with Gasteiger partial charge in [0.15, 0.2) is 0 Å². The van der Waals surface area contributed by atoms with Crippen molar-refractivity contribution >= 4 is 32.4 Å². The largest absolute Gasteiger partial charge is 0.340 e. The molecule has 2 heterocycles. The molecule has 22 heavy (non-hydrogen) atoms. The zero-order chi connectivity index (χ0) is 15.7. The van der Waals surface area contributed by atoms with E-state index < -0.39 is 16.1 Å². The van der Waals surface area contributed by atoms with Gasteiger partial charge in [0, 0.05) is 0 Å². The van der Waals surface area contributed by atoms with Crippen LogP contribution in [0.2, 0.25) is 0 Å². The van der Waals surface area contributed by atoms with Crippen LogP contribution in [0.5, 0.6) is 0 Å². The van der Waals surface area contributed by atoms with Gasteiger partial charge in [-0.1, -0.05) is 30.3 Å². The average molecular weight is 333 g/mol. The zero-order valence-electron chi connectivity index (χ0n) is 11.3. The van der Waals surface area contributed by atoms with Crippen LogP contribution in [0, 0.1) is 11.3 Å². The normalized spacial score (nSPS) is 16.2. The van der Waals surface area contributed by atoms with Gasteiger partial charge in [-0.25, -0.2) is 17.5 Å². The van der Waals surface area contributed by atoms with E-state index in [1.807, 2.05) is 12.1 Å². The topological polar surface area (TPSA) is 81.5 Å². The van der Waals surface area contributed by atoms with Crippen molar-refractivity contribution in [2.45, 2.75) is 11.4 Å². The Hall–Kier alpha value is -2.37. The third-order valence-electron chi connectivity index (χ3n) is 3.27. The van der Waals surface area contributed by atoms with E-state index in [4.69, 9.17) is 5.26 Å². The maximum absolute atomic E-state index is 12.6. The number of nitriles is 1. The number of benzene rings is 1. The molecule has 0 fully saturated rings. The van der Waals surface area contributed by atoms with Gasteiger partial charge < -0.3 is 0 Å². The lowest BCUT2D eigenvalue weighted by atomic mass is 10.2. The van der Waals surface area contributed by atoms with E-state index in [2.05, 4.69) is 0 Å². The van der Waals surface area contributed by atoms with E-state index in [9.17, 15) is 13.2 Å². The number of fused-ring (bicyclic) bond motifs is 1. The third-order valence-corrected chi connectivity index (χ3v) is 6.08. The van der Waals surface area contributed by atoms with Gasteiger partial charge >= 0.3 is 6.03 Å². The predicted molar refractivity (Wildman–Crippen MR) is 81.8 cm³/mol. The molecule has 0 unspecified atom stereocenters.